The summed E-state index contributed by atoms with van der Waals surface area (Å²) >= 11 is 0. The van der Waals surface area contributed by atoms with Crippen molar-refractivity contribution in [3.8, 4) is 17.2 Å². The highest BCUT2D eigenvalue weighted by molar-refractivity contribution is 6.07. The van der Waals surface area contributed by atoms with Crippen molar-refractivity contribution >= 4 is 11.9 Å². The first-order valence-electron chi connectivity index (χ1n) is 11.2. The first-order valence-corrected chi connectivity index (χ1v) is 11.2. The molecule has 33 heavy (non-hydrogen) atoms. The predicted octanol–water partition coefficient (Wildman–Crippen LogP) is 2.78. The summed E-state index contributed by atoms with van der Waals surface area (Å²) in [6.45, 7) is 2.11. The number of likely N-dealkylation sites (N-methyl/N-ethyl adjacent to an activating group) is 1. The molecule has 0 aliphatic carbocycles. The number of piperidine rings is 1. The molecular weight excluding hydrogens is 422 g/mol. The molecule has 3 amide bonds. The highest BCUT2D eigenvalue weighted by atomic mass is 16.5. The number of methoxy groups -OCH3 is 2. The molecule has 0 bridgehead atoms. The lowest BCUT2D eigenvalue weighted by Crippen LogP contribution is -2.57. The van der Waals surface area contributed by atoms with Crippen LogP contribution in [0.3, 0.4) is 0 Å². The highest BCUT2D eigenvalue weighted by Gasteiger charge is 2.54. The van der Waals surface area contributed by atoms with E-state index in [0.29, 0.717) is 18.7 Å². The maximum atomic E-state index is 13.3. The summed E-state index contributed by atoms with van der Waals surface area (Å²) in [4.78, 5) is 29.3. The van der Waals surface area contributed by atoms with Crippen LogP contribution in [0.2, 0.25) is 0 Å². The monoisotopic (exact) mass is 453 g/mol. The van der Waals surface area contributed by atoms with Crippen LogP contribution in [0.4, 0.5) is 4.79 Å². The number of nitrogens with one attached hydrogen (secondary N) is 1. The van der Waals surface area contributed by atoms with Crippen molar-refractivity contribution in [2.24, 2.45) is 5.92 Å². The largest absolute Gasteiger partial charge is 0.504 e. The van der Waals surface area contributed by atoms with Crippen molar-refractivity contribution in [1.82, 2.24) is 15.1 Å². The van der Waals surface area contributed by atoms with Gasteiger partial charge in [-0.15, -0.1) is 0 Å². The van der Waals surface area contributed by atoms with Gasteiger partial charge in [0.25, 0.3) is 5.91 Å². The number of imide groups is 1. The quantitative estimate of drug-likeness (QED) is 0.627. The molecule has 0 aromatic heterocycles. The topological polar surface area (TPSA) is 91.3 Å². The van der Waals surface area contributed by atoms with Gasteiger partial charge in [-0.2, -0.15) is 0 Å². The van der Waals surface area contributed by atoms with Gasteiger partial charge in [-0.05, 0) is 55.6 Å². The van der Waals surface area contributed by atoms with E-state index in [2.05, 4.69) is 10.2 Å². The molecule has 2 aromatic carbocycles. The Morgan fingerprint density at radius 1 is 1.09 bits per heavy atom. The van der Waals surface area contributed by atoms with E-state index >= 15 is 0 Å². The van der Waals surface area contributed by atoms with E-state index in [0.717, 1.165) is 42.8 Å². The van der Waals surface area contributed by atoms with Gasteiger partial charge in [0, 0.05) is 25.6 Å². The molecule has 1 atom stereocenters. The van der Waals surface area contributed by atoms with Crippen LogP contribution in [0.25, 0.3) is 0 Å². The minimum atomic E-state index is -0.970. The Morgan fingerprint density at radius 2 is 1.82 bits per heavy atom. The SMILES string of the molecule is COc1cccc(C[C@]2(C3CCN(Cc4cccc(OC)c4O)CC3)NC(=O)N(C)C2=O)c1. The standard InChI is InChI=1S/C25H31N3O5/c1-27-23(30)25(26-24(27)31,15-17-6-4-8-20(14-17)32-2)19-10-12-28(13-11-19)16-18-7-5-9-21(33-3)22(18)29/h4-9,14,19,29H,10-13,15-16H2,1-3H3,(H,26,31)/t25-/m1/s1. The van der Waals surface area contributed by atoms with Gasteiger partial charge < -0.3 is 19.9 Å². The van der Waals surface area contributed by atoms with Gasteiger partial charge in [-0.25, -0.2) is 4.79 Å². The average molecular weight is 454 g/mol. The summed E-state index contributed by atoms with van der Waals surface area (Å²) in [6, 6.07) is 12.8. The van der Waals surface area contributed by atoms with Crippen LogP contribution < -0.4 is 14.8 Å². The second-order valence-electron chi connectivity index (χ2n) is 8.81. The van der Waals surface area contributed by atoms with E-state index in [4.69, 9.17) is 9.47 Å². The summed E-state index contributed by atoms with van der Waals surface area (Å²) in [6.07, 6.45) is 1.93. The normalized spacial score (nSPS) is 21.8. The van der Waals surface area contributed by atoms with E-state index in [-0.39, 0.29) is 23.6 Å². The van der Waals surface area contributed by atoms with Gasteiger partial charge in [0.1, 0.15) is 11.3 Å². The zero-order chi connectivity index (χ0) is 23.6. The Hall–Kier alpha value is -3.26. The minimum Gasteiger partial charge on any atom is -0.504 e. The van der Waals surface area contributed by atoms with E-state index in [1.807, 2.05) is 36.4 Å². The molecule has 4 rings (SSSR count). The van der Waals surface area contributed by atoms with Crippen LogP contribution in [0, 0.1) is 5.92 Å². The molecule has 0 saturated carbocycles. The molecule has 8 nitrogen and oxygen atoms in total. The molecule has 0 radical (unpaired) electrons. The number of likely N-dealkylation sites (tertiary alicyclic amines) is 1. The number of para-hydroxylation sites is 1. The van der Waals surface area contributed by atoms with Crippen LogP contribution in [-0.4, -0.2) is 66.7 Å². The third-order valence-corrected chi connectivity index (χ3v) is 6.92. The molecule has 8 heteroatoms. The number of urea groups is 1. The van der Waals surface area contributed by atoms with Crippen molar-refractivity contribution in [2.45, 2.75) is 31.3 Å². The zero-order valence-electron chi connectivity index (χ0n) is 19.3. The smallest absolute Gasteiger partial charge is 0.324 e. The molecule has 2 fully saturated rings. The molecular formula is C25H31N3O5. The number of ether oxygens (including phenoxy) is 2. The van der Waals surface area contributed by atoms with Crippen LogP contribution >= 0.6 is 0 Å². The van der Waals surface area contributed by atoms with Crippen LogP contribution in [0.15, 0.2) is 42.5 Å². The third kappa shape index (κ3) is 4.35. The maximum Gasteiger partial charge on any atom is 0.324 e. The van der Waals surface area contributed by atoms with Crippen molar-refractivity contribution < 1.29 is 24.2 Å². The molecule has 176 valence electrons. The van der Waals surface area contributed by atoms with E-state index < -0.39 is 5.54 Å². The first kappa shape index (κ1) is 22.9. The number of amides is 3. The lowest BCUT2D eigenvalue weighted by molar-refractivity contribution is -0.133. The number of benzene rings is 2. The Bertz CT molecular complexity index is 1030. The molecule has 2 saturated heterocycles. The van der Waals surface area contributed by atoms with E-state index in [1.54, 1.807) is 13.2 Å². The van der Waals surface area contributed by atoms with Gasteiger partial charge in [0.05, 0.1) is 14.2 Å². The molecule has 0 unspecified atom stereocenters. The second kappa shape index (κ2) is 9.31. The molecule has 2 aliphatic rings. The van der Waals surface area contributed by atoms with Crippen LogP contribution in [0.5, 0.6) is 17.2 Å². The van der Waals surface area contributed by atoms with Gasteiger partial charge in [-0.1, -0.05) is 24.3 Å². The Labute approximate surface area is 194 Å². The van der Waals surface area contributed by atoms with E-state index in [9.17, 15) is 14.7 Å². The van der Waals surface area contributed by atoms with Crippen molar-refractivity contribution in [2.75, 3.05) is 34.4 Å². The fourth-order valence-electron chi connectivity index (χ4n) is 5.05. The summed E-state index contributed by atoms with van der Waals surface area (Å²) in [7, 11) is 4.68. The Kier molecular flexibility index (Phi) is 6.47. The van der Waals surface area contributed by atoms with Crippen LogP contribution in [-0.2, 0) is 17.8 Å². The Balaban J connectivity index is 1.51. The number of phenols is 1. The number of hydrogen-bond acceptors (Lipinski definition) is 6. The molecule has 2 aromatic rings. The number of phenolic OH excluding ortho intramolecular Hbond substituents is 1. The van der Waals surface area contributed by atoms with Gasteiger partial charge in [0.2, 0.25) is 0 Å². The maximum absolute atomic E-state index is 13.3. The number of aromatic hydroxyl groups is 1. The summed E-state index contributed by atoms with van der Waals surface area (Å²) < 4.78 is 10.6. The van der Waals surface area contributed by atoms with Crippen molar-refractivity contribution in [1.29, 1.82) is 0 Å². The molecule has 2 N–H and O–H groups in total. The predicted molar refractivity (Wildman–Crippen MR) is 123 cm³/mol. The Morgan fingerprint density at radius 3 is 2.45 bits per heavy atom. The summed E-state index contributed by atoms with van der Waals surface area (Å²) in [5.74, 6) is 1.17. The fraction of sp³-hybridized carbons (Fsp3) is 0.440. The highest BCUT2D eigenvalue weighted by Crippen LogP contribution is 2.37. The number of carbonyl (C=O) groups excluding carboxylic acids is 2. The average Bonchev–Trinajstić information content (AvgIpc) is 3.05. The van der Waals surface area contributed by atoms with Crippen molar-refractivity contribution in [3.05, 3.63) is 53.6 Å². The number of hydrogen-bond donors (Lipinski definition) is 2. The third-order valence-electron chi connectivity index (χ3n) is 6.92. The lowest BCUT2D eigenvalue weighted by atomic mass is 9.74. The number of nitrogens with zero attached hydrogens (tertiary/aromatic N) is 2. The molecule has 2 aliphatic heterocycles. The summed E-state index contributed by atoms with van der Waals surface area (Å²) in [5.41, 5.74) is 0.786. The van der Waals surface area contributed by atoms with Gasteiger partial charge in [-0.3, -0.25) is 14.6 Å². The minimum absolute atomic E-state index is 0.000238. The molecule has 0 spiro atoms. The lowest BCUT2D eigenvalue weighted by Gasteiger charge is -2.41. The zero-order valence-corrected chi connectivity index (χ0v) is 19.3. The number of carbonyl (C=O) groups is 2. The van der Waals surface area contributed by atoms with Crippen molar-refractivity contribution in [3.63, 3.8) is 0 Å². The second-order valence-corrected chi connectivity index (χ2v) is 8.81. The molecule has 2 heterocycles. The van der Waals surface area contributed by atoms with Gasteiger partial charge >= 0.3 is 6.03 Å². The van der Waals surface area contributed by atoms with Crippen LogP contribution in [0.1, 0.15) is 24.0 Å². The fourth-order valence-corrected chi connectivity index (χ4v) is 5.05. The summed E-state index contributed by atoms with van der Waals surface area (Å²) in [5, 5.41) is 13.5. The number of rotatable bonds is 7. The van der Waals surface area contributed by atoms with Gasteiger partial charge in [0.15, 0.2) is 11.5 Å². The first-order chi connectivity index (χ1) is 15.9. The van der Waals surface area contributed by atoms with E-state index in [1.165, 1.54) is 19.1 Å².